The Bertz CT molecular complexity index is 1200. The van der Waals surface area contributed by atoms with E-state index in [0.29, 0.717) is 36.3 Å². The Morgan fingerprint density at radius 3 is 2.52 bits per heavy atom. The molecule has 2 heterocycles. The molecule has 0 spiro atoms. The van der Waals surface area contributed by atoms with E-state index in [1.807, 2.05) is 30.3 Å². The van der Waals surface area contributed by atoms with Gasteiger partial charge in [0.15, 0.2) is 5.52 Å². The topological polar surface area (TPSA) is 110 Å². The molecule has 0 aliphatic carbocycles. The molecule has 0 atom stereocenters. The van der Waals surface area contributed by atoms with Gasteiger partial charge in [-0.3, -0.25) is 14.7 Å². The zero-order chi connectivity index (χ0) is 18.6. The van der Waals surface area contributed by atoms with E-state index < -0.39 is 5.56 Å². The second-order valence-corrected chi connectivity index (χ2v) is 5.89. The lowest BCUT2D eigenvalue weighted by atomic mass is 10.2. The molecule has 8 heteroatoms. The van der Waals surface area contributed by atoms with Gasteiger partial charge in [-0.25, -0.2) is 0 Å². The first-order valence-electron chi connectivity index (χ1n) is 8.44. The predicted octanol–water partition coefficient (Wildman–Crippen LogP) is 2.01. The van der Waals surface area contributed by atoms with Crippen LogP contribution in [-0.2, 0) is 0 Å². The van der Waals surface area contributed by atoms with Crippen molar-refractivity contribution in [3.05, 3.63) is 69.1 Å². The van der Waals surface area contributed by atoms with Gasteiger partial charge in [0.1, 0.15) is 17.0 Å². The largest absolute Gasteiger partial charge is 0.493 e. The monoisotopic (exact) mass is 364 g/mol. The van der Waals surface area contributed by atoms with Crippen molar-refractivity contribution in [1.29, 1.82) is 0 Å². The van der Waals surface area contributed by atoms with Crippen LogP contribution in [0.1, 0.15) is 6.42 Å². The molecule has 0 aliphatic heterocycles. The lowest BCUT2D eigenvalue weighted by molar-refractivity contribution is 0.247. The number of nitrogens with one attached hydrogen (secondary N) is 2. The van der Waals surface area contributed by atoms with Crippen molar-refractivity contribution in [3.8, 4) is 11.5 Å². The van der Waals surface area contributed by atoms with E-state index in [2.05, 4.69) is 20.4 Å². The summed E-state index contributed by atoms with van der Waals surface area (Å²) in [6.07, 6.45) is 0.686. The molecule has 0 aliphatic rings. The average molecular weight is 364 g/mol. The number of fused-ring (bicyclic) bond motifs is 2. The lowest BCUT2D eigenvalue weighted by Gasteiger charge is -2.08. The van der Waals surface area contributed by atoms with Crippen molar-refractivity contribution in [2.45, 2.75) is 6.42 Å². The molecule has 2 aromatic heterocycles. The lowest BCUT2D eigenvalue weighted by Crippen LogP contribution is -2.05. The van der Waals surface area contributed by atoms with Crippen molar-refractivity contribution in [3.63, 3.8) is 0 Å². The first-order chi connectivity index (χ1) is 13.2. The Balaban J connectivity index is 1.49. The number of aromatic amines is 2. The fourth-order valence-electron chi connectivity index (χ4n) is 2.73. The molecule has 4 rings (SSSR count). The molecule has 136 valence electrons. The minimum Gasteiger partial charge on any atom is -0.493 e. The summed E-state index contributed by atoms with van der Waals surface area (Å²) in [4.78, 5) is 27.4. The SMILES string of the molecule is O=c1[nH]c2ccc(OCCCOc3ccccc3)cc2c(=O)c2[nH]nnc12. The van der Waals surface area contributed by atoms with Gasteiger partial charge < -0.3 is 14.5 Å². The van der Waals surface area contributed by atoms with Gasteiger partial charge in [-0.15, -0.1) is 5.10 Å². The smallest absolute Gasteiger partial charge is 0.278 e. The number of aromatic nitrogens is 4. The van der Waals surface area contributed by atoms with Gasteiger partial charge >= 0.3 is 0 Å². The van der Waals surface area contributed by atoms with Gasteiger partial charge in [-0.1, -0.05) is 23.4 Å². The first-order valence-corrected chi connectivity index (χ1v) is 8.44. The summed E-state index contributed by atoms with van der Waals surface area (Å²) in [5, 5.41) is 10.0. The number of ether oxygens (including phenoxy) is 2. The number of rotatable bonds is 6. The Morgan fingerprint density at radius 1 is 0.926 bits per heavy atom. The molecule has 0 fully saturated rings. The second kappa shape index (κ2) is 7.28. The average Bonchev–Trinajstić information content (AvgIpc) is 3.16. The summed E-state index contributed by atoms with van der Waals surface area (Å²) in [7, 11) is 0. The van der Waals surface area contributed by atoms with Crippen molar-refractivity contribution in [2.24, 2.45) is 0 Å². The quantitative estimate of drug-likeness (QED) is 0.507. The van der Waals surface area contributed by atoms with Crippen LogP contribution >= 0.6 is 0 Å². The molecule has 2 aromatic carbocycles. The van der Waals surface area contributed by atoms with Crippen LogP contribution in [0.3, 0.4) is 0 Å². The summed E-state index contributed by atoms with van der Waals surface area (Å²) in [5.41, 5.74) is -0.369. The molecule has 0 bridgehead atoms. The van der Waals surface area contributed by atoms with E-state index in [1.165, 1.54) is 0 Å². The number of benzene rings is 2. The van der Waals surface area contributed by atoms with Crippen LogP contribution in [0, 0.1) is 0 Å². The molecule has 4 aromatic rings. The maximum Gasteiger partial charge on any atom is 0.278 e. The normalized spacial score (nSPS) is 11.0. The highest BCUT2D eigenvalue weighted by Gasteiger charge is 2.10. The molecule has 0 amide bonds. The third kappa shape index (κ3) is 3.50. The molecule has 0 saturated carbocycles. The first kappa shape index (κ1) is 16.8. The van der Waals surface area contributed by atoms with E-state index in [1.54, 1.807) is 18.2 Å². The molecule has 0 unspecified atom stereocenters. The van der Waals surface area contributed by atoms with Crippen LogP contribution in [-0.4, -0.2) is 33.6 Å². The van der Waals surface area contributed by atoms with Crippen molar-refractivity contribution in [2.75, 3.05) is 13.2 Å². The summed E-state index contributed by atoms with van der Waals surface area (Å²) in [6.45, 7) is 0.955. The fourth-order valence-corrected chi connectivity index (χ4v) is 2.73. The van der Waals surface area contributed by atoms with Crippen LogP contribution in [0.2, 0.25) is 0 Å². The fraction of sp³-hybridized carbons (Fsp3) is 0.158. The summed E-state index contributed by atoms with van der Waals surface area (Å²) in [6, 6.07) is 14.5. The standard InChI is InChI=1S/C19H16N4O4/c24-18-14-11-13(27-10-4-9-26-12-5-2-1-3-6-12)7-8-15(14)20-19(25)17-16(18)21-23-22-17/h1-3,5-8,11H,4,9-10H2,(H,20,25)(H,21,22,23). The van der Waals surface area contributed by atoms with Crippen LogP contribution in [0.25, 0.3) is 21.9 Å². The van der Waals surface area contributed by atoms with Gasteiger partial charge in [0.25, 0.3) is 5.56 Å². The maximum absolute atomic E-state index is 12.6. The highest BCUT2D eigenvalue weighted by molar-refractivity contribution is 5.87. The Morgan fingerprint density at radius 2 is 1.70 bits per heavy atom. The molecular formula is C19H16N4O4. The second-order valence-electron chi connectivity index (χ2n) is 5.89. The summed E-state index contributed by atoms with van der Waals surface area (Å²) < 4.78 is 11.3. The Hall–Kier alpha value is -3.68. The third-order valence-electron chi connectivity index (χ3n) is 4.04. The van der Waals surface area contributed by atoms with Crippen LogP contribution in [0.5, 0.6) is 11.5 Å². The van der Waals surface area contributed by atoms with Crippen LogP contribution < -0.4 is 20.5 Å². The van der Waals surface area contributed by atoms with Gasteiger partial charge in [0, 0.05) is 6.42 Å². The Labute approximate surface area is 152 Å². The number of hydrogen-bond acceptors (Lipinski definition) is 6. The van der Waals surface area contributed by atoms with Gasteiger partial charge in [-0.05, 0) is 30.3 Å². The summed E-state index contributed by atoms with van der Waals surface area (Å²) in [5.74, 6) is 1.35. The minimum absolute atomic E-state index is 0.0169. The zero-order valence-electron chi connectivity index (χ0n) is 14.3. The molecule has 0 saturated heterocycles. The van der Waals surface area contributed by atoms with Crippen LogP contribution in [0.15, 0.2) is 58.1 Å². The third-order valence-corrected chi connectivity index (χ3v) is 4.04. The summed E-state index contributed by atoms with van der Waals surface area (Å²) >= 11 is 0. The number of para-hydroxylation sites is 1. The van der Waals surface area contributed by atoms with E-state index in [9.17, 15) is 9.59 Å². The number of hydrogen-bond donors (Lipinski definition) is 2. The minimum atomic E-state index is -0.474. The van der Waals surface area contributed by atoms with E-state index >= 15 is 0 Å². The highest BCUT2D eigenvalue weighted by atomic mass is 16.5. The van der Waals surface area contributed by atoms with Gasteiger partial charge in [-0.2, -0.15) is 0 Å². The molecule has 0 radical (unpaired) electrons. The number of H-pyrrole nitrogens is 2. The molecular weight excluding hydrogens is 348 g/mol. The Kier molecular flexibility index (Phi) is 4.52. The molecule has 2 N–H and O–H groups in total. The maximum atomic E-state index is 12.6. The molecule has 27 heavy (non-hydrogen) atoms. The van der Waals surface area contributed by atoms with E-state index in [-0.39, 0.29) is 16.5 Å². The molecule has 8 nitrogen and oxygen atoms in total. The zero-order valence-corrected chi connectivity index (χ0v) is 14.3. The van der Waals surface area contributed by atoms with Crippen molar-refractivity contribution >= 4 is 21.9 Å². The predicted molar refractivity (Wildman–Crippen MR) is 100 cm³/mol. The number of nitrogens with zero attached hydrogens (tertiary/aromatic N) is 2. The van der Waals surface area contributed by atoms with E-state index in [4.69, 9.17) is 9.47 Å². The highest BCUT2D eigenvalue weighted by Crippen LogP contribution is 2.17. The van der Waals surface area contributed by atoms with Crippen LogP contribution in [0.4, 0.5) is 0 Å². The van der Waals surface area contributed by atoms with Gasteiger partial charge in [0.05, 0.1) is 24.1 Å². The van der Waals surface area contributed by atoms with Gasteiger partial charge in [0.2, 0.25) is 5.43 Å². The van der Waals surface area contributed by atoms with E-state index in [0.717, 1.165) is 5.75 Å². The van der Waals surface area contributed by atoms with Crippen molar-refractivity contribution < 1.29 is 9.47 Å². The van der Waals surface area contributed by atoms with Crippen molar-refractivity contribution in [1.82, 2.24) is 20.4 Å².